The van der Waals surface area contributed by atoms with Gasteiger partial charge >= 0.3 is 0 Å². The quantitative estimate of drug-likeness (QED) is 0.737. The highest BCUT2D eigenvalue weighted by Crippen LogP contribution is 2.17. The Kier molecular flexibility index (Phi) is 2.73. The first kappa shape index (κ1) is 11.1. The molecule has 1 aromatic carbocycles. The molecule has 0 fully saturated rings. The van der Waals surface area contributed by atoms with Crippen LogP contribution >= 0.6 is 0 Å². The summed E-state index contributed by atoms with van der Waals surface area (Å²) < 4.78 is 25.9. The number of nitrogens with zero attached hydrogens (tertiary/aromatic N) is 1. The summed E-state index contributed by atoms with van der Waals surface area (Å²) in [6.45, 7) is 0. The van der Waals surface area contributed by atoms with Crippen molar-refractivity contribution < 1.29 is 8.78 Å². The van der Waals surface area contributed by atoms with Gasteiger partial charge in [-0.15, -0.1) is 0 Å². The van der Waals surface area contributed by atoms with Crippen molar-refractivity contribution in [1.29, 1.82) is 0 Å². The number of rotatable bonds is 2. The molecule has 0 spiro atoms. The van der Waals surface area contributed by atoms with Crippen LogP contribution in [0.2, 0.25) is 0 Å². The molecule has 0 amide bonds. The number of aromatic nitrogens is 2. The van der Waals surface area contributed by atoms with Gasteiger partial charge in [-0.2, -0.15) is 4.98 Å². The highest BCUT2D eigenvalue weighted by molar-refractivity contribution is 5.54. The summed E-state index contributed by atoms with van der Waals surface area (Å²) in [5.41, 5.74) is 4.87. The van der Waals surface area contributed by atoms with Gasteiger partial charge in [-0.25, -0.2) is 8.78 Å². The third kappa shape index (κ3) is 2.57. The van der Waals surface area contributed by atoms with Crippen molar-refractivity contribution >= 4 is 17.5 Å². The molecule has 0 bridgehead atoms. The average molecular weight is 238 g/mol. The van der Waals surface area contributed by atoms with E-state index in [4.69, 9.17) is 5.73 Å². The van der Waals surface area contributed by atoms with Crippen molar-refractivity contribution in [2.24, 2.45) is 0 Å². The molecule has 1 aromatic heterocycles. The first-order chi connectivity index (χ1) is 8.04. The molecular weight excluding hydrogens is 230 g/mol. The Morgan fingerprint density at radius 2 is 2.06 bits per heavy atom. The molecule has 0 aliphatic rings. The molecule has 4 N–H and O–H groups in total. The Balaban J connectivity index is 2.34. The van der Waals surface area contributed by atoms with Crippen molar-refractivity contribution in [2.75, 3.05) is 11.1 Å². The topological polar surface area (TPSA) is 83.8 Å². The second-order valence-electron chi connectivity index (χ2n) is 3.27. The molecule has 2 aromatic rings. The summed E-state index contributed by atoms with van der Waals surface area (Å²) in [6.07, 6.45) is 0. The SMILES string of the molecule is Nc1cc(=O)[nH]c(Nc2ccc(F)cc2F)n1. The summed E-state index contributed by atoms with van der Waals surface area (Å²) in [5.74, 6) is -1.50. The van der Waals surface area contributed by atoms with E-state index < -0.39 is 17.2 Å². The van der Waals surface area contributed by atoms with Crippen LogP contribution in [0.15, 0.2) is 29.1 Å². The minimum absolute atomic E-state index is 0.00114. The molecule has 0 unspecified atom stereocenters. The fourth-order valence-electron chi connectivity index (χ4n) is 1.25. The summed E-state index contributed by atoms with van der Waals surface area (Å²) in [5, 5.41) is 2.49. The predicted octanol–water partition coefficient (Wildman–Crippen LogP) is 1.37. The molecule has 0 aliphatic carbocycles. The number of nitrogens with two attached hydrogens (primary N) is 1. The van der Waals surface area contributed by atoms with Crippen molar-refractivity contribution in [1.82, 2.24) is 9.97 Å². The Bertz CT molecular complexity index is 611. The van der Waals surface area contributed by atoms with Crippen molar-refractivity contribution in [3.63, 3.8) is 0 Å². The summed E-state index contributed by atoms with van der Waals surface area (Å²) in [4.78, 5) is 17.1. The zero-order valence-electron chi connectivity index (χ0n) is 8.50. The molecule has 0 radical (unpaired) electrons. The lowest BCUT2D eigenvalue weighted by atomic mass is 10.3. The van der Waals surface area contributed by atoms with E-state index in [9.17, 15) is 13.6 Å². The number of hydrogen-bond acceptors (Lipinski definition) is 4. The van der Waals surface area contributed by atoms with E-state index in [0.29, 0.717) is 6.07 Å². The Hall–Kier alpha value is -2.44. The van der Waals surface area contributed by atoms with Gasteiger partial charge in [0.05, 0.1) is 5.69 Å². The molecule has 7 heteroatoms. The summed E-state index contributed by atoms with van der Waals surface area (Å²) in [6, 6.07) is 4.07. The molecule has 0 atom stereocenters. The summed E-state index contributed by atoms with van der Waals surface area (Å²) in [7, 11) is 0. The van der Waals surface area contributed by atoms with E-state index >= 15 is 0 Å². The van der Waals surface area contributed by atoms with Crippen LogP contribution in [0.25, 0.3) is 0 Å². The maximum Gasteiger partial charge on any atom is 0.254 e. The Morgan fingerprint density at radius 1 is 1.29 bits per heavy atom. The van der Waals surface area contributed by atoms with Gasteiger partial charge in [0.15, 0.2) is 0 Å². The second kappa shape index (κ2) is 4.20. The maximum absolute atomic E-state index is 13.3. The van der Waals surface area contributed by atoms with Crippen molar-refractivity contribution in [2.45, 2.75) is 0 Å². The van der Waals surface area contributed by atoms with E-state index in [1.54, 1.807) is 0 Å². The van der Waals surface area contributed by atoms with Gasteiger partial charge < -0.3 is 11.1 Å². The van der Waals surface area contributed by atoms with Gasteiger partial charge in [-0.1, -0.05) is 0 Å². The number of aromatic amines is 1. The smallest absolute Gasteiger partial charge is 0.254 e. The van der Waals surface area contributed by atoms with Crippen LogP contribution in [0.5, 0.6) is 0 Å². The highest BCUT2D eigenvalue weighted by atomic mass is 19.1. The van der Waals surface area contributed by atoms with Crippen LogP contribution in [0.3, 0.4) is 0 Å². The first-order valence-electron chi connectivity index (χ1n) is 4.63. The largest absolute Gasteiger partial charge is 0.383 e. The van der Waals surface area contributed by atoms with Crippen LogP contribution in [-0.2, 0) is 0 Å². The number of anilines is 3. The van der Waals surface area contributed by atoms with Gasteiger partial charge in [0.2, 0.25) is 5.95 Å². The normalized spacial score (nSPS) is 10.2. The second-order valence-corrected chi connectivity index (χ2v) is 3.27. The maximum atomic E-state index is 13.3. The highest BCUT2D eigenvalue weighted by Gasteiger charge is 2.05. The molecule has 0 saturated heterocycles. The minimum atomic E-state index is -0.796. The number of benzene rings is 1. The van der Waals surface area contributed by atoms with Crippen LogP contribution in [-0.4, -0.2) is 9.97 Å². The average Bonchev–Trinajstić information content (AvgIpc) is 2.21. The molecule has 2 rings (SSSR count). The lowest BCUT2D eigenvalue weighted by molar-refractivity contribution is 0.586. The van der Waals surface area contributed by atoms with Gasteiger partial charge in [0.1, 0.15) is 17.5 Å². The lowest BCUT2D eigenvalue weighted by Gasteiger charge is -2.06. The molecule has 1 heterocycles. The van der Waals surface area contributed by atoms with Gasteiger partial charge in [-0.3, -0.25) is 9.78 Å². The number of halogens is 2. The number of nitrogens with one attached hydrogen (secondary N) is 2. The fraction of sp³-hybridized carbons (Fsp3) is 0. The third-order valence-electron chi connectivity index (χ3n) is 1.95. The molecule has 0 saturated carbocycles. The fourth-order valence-corrected chi connectivity index (χ4v) is 1.25. The van der Waals surface area contributed by atoms with Gasteiger partial charge in [0.25, 0.3) is 5.56 Å². The lowest BCUT2D eigenvalue weighted by Crippen LogP contribution is -2.12. The van der Waals surface area contributed by atoms with Gasteiger partial charge in [-0.05, 0) is 12.1 Å². The molecule has 17 heavy (non-hydrogen) atoms. The standard InChI is InChI=1S/C10H8F2N4O/c11-5-1-2-7(6(12)3-5)14-10-15-8(13)4-9(17)16-10/h1-4H,(H4,13,14,15,16,17). The van der Waals surface area contributed by atoms with Crippen LogP contribution in [0, 0.1) is 11.6 Å². The minimum Gasteiger partial charge on any atom is -0.383 e. The molecular formula is C10H8F2N4O. The van der Waals surface area contributed by atoms with E-state index in [-0.39, 0.29) is 17.5 Å². The third-order valence-corrected chi connectivity index (χ3v) is 1.95. The zero-order chi connectivity index (χ0) is 12.4. The molecule has 88 valence electrons. The predicted molar refractivity (Wildman–Crippen MR) is 58.9 cm³/mol. The van der Waals surface area contributed by atoms with E-state index in [1.807, 2.05) is 0 Å². The number of nitrogen functional groups attached to an aromatic ring is 1. The van der Waals surface area contributed by atoms with Gasteiger partial charge in [0, 0.05) is 12.1 Å². The van der Waals surface area contributed by atoms with E-state index in [1.165, 1.54) is 6.07 Å². The van der Waals surface area contributed by atoms with E-state index in [2.05, 4.69) is 15.3 Å². The monoisotopic (exact) mass is 238 g/mol. The van der Waals surface area contributed by atoms with Crippen LogP contribution in [0.4, 0.5) is 26.2 Å². The molecule has 0 aliphatic heterocycles. The van der Waals surface area contributed by atoms with Crippen LogP contribution < -0.4 is 16.6 Å². The van der Waals surface area contributed by atoms with E-state index in [0.717, 1.165) is 12.1 Å². The number of H-pyrrole nitrogens is 1. The first-order valence-corrected chi connectivity index (χ1v) is 4.63. The Labute approximate surface area is 94.3 Å². The zero-order valence-corrected chi connectivity index (χ0v) is 8.50. The Morgan fingerprint density at radius 3 is 2.71 bits per heavy atom. The molecule has 5 nitrogen and oxygen atoms in total. The summed E-state index contributed by atoms with van der Waals surface area (Å²) >= 11 is 0. The van der Waals surface area contributed by atoms with Crippen molar-refractivity contribution in [3.8, 4) is 0 Å². The van der Waals surface area contributed by atoms with Crippen molar-refractivity contribution in [3.05, 3.63) is 46.3 Å². The number of hydrogen-bond donors (Lipinski definition) is 3. The van der Waals surface area contributed by atoms with Crippen LogP contribution in [0.1, 0.15) is 0 Å².